The molecule has 0 saturated carbocycles. The van der Waals surface area contributed by atoms with Crippen LogP contribution in [0.4, 0.5) is 11.6 Å². The number of aliphatic hydroxyl groups is 1. The van der Waals surface area contributed by atoms with Crippen LogP contribution < -0.4 is 10.9 Å². The minimum absolute atomic E-state index is 0.183. The summed E-state index contributed by atoms with van der Waals surface area (Å²) in [6.45, 7) is 4.40. The lowest BCUT2D eigenvalue weighted by Crippen LogP contribution is -2.29. The van der Waals surface area contributed by atoms with Crippen molar-refractivity contribution in [2.24, 2.45) is 0 Å². The molecular formula is C29H33N7O2. The second kappa shape index (κ2) is 9.81. The molecule has 1 atom stereocenters. The van der Waals surface area contributed by atoms with Crippen molar-refractivity contribution in [3.8, 4) is 5.82 Å². The quantitative estimate of drug-likeness (QED) is 0.400. The van der Waals surface area contributed by atoms with E-state index in [0.717, 1.165) is 18.8 Å². The van der Waals surface area contributed by atoms with Gasteiger partial charge < -0.3 is 15.3 Å². The lowest BCUT2D eigenvalue weighted by Gasteiger charge is -2.29. The number of rotatable bonds is 3. The van der Waals surface area contributed by atoms with Gasteiger partial charge in [0, 0.05) is 11.9 Å². The molecule has 196 valence electrons. The topological polar surface area (TPSA) is 101 Å². The van der Waals surface area contributed by atoms with Gasteiger partial charge in [0.1, 0.15) is 11.0 Å². The number of pyridine rings is 1. The van der Waals surface area contributed by atoms with Crippen LogP contribution in [0.2, 0.25) is 0 Å². The lowest BCUT2D eigenvalue weighted by molar-refractivity contribution is 0.0443. The van der Waals surface area contributed by atoms with Gasteiger partial charge in [-0.05, 0) is 88.5 Å². The predicted octanol–water partition coefficient (Wildman–Crippen LogP) is 4.09. The number of allylic oxidation sites excluding steroid dienone is 2. The summed E-state index contributed by atoms with van der Waals surface area (Å²) in [6.07, 6.45) is 9.08. The molecule has 0 spiro atoms. The first-order valence-corrected chi connectivity index (χ1v) is 13.3. The Balaban J connectivity index is 1.36. The van der Waals surface area contributed by atoms with Crippen molar-refractivity contribution in [2.75, 3.05) is 25.5 Å². The number of piperidine rings is 1. The second-order valence-corrected chi connectivity index (χ2v) is 10.6. The number of fused-ring (bicyclic) bond motifs is 6. The highest BCUT2D eigenvalue weighted by Gasteiger charge is 2.26. The number of benzene rings is 1. The maximum Gasteiger partial charge on any atom is 0.278 e. The van der Waals surface area contributed by atoms with E-state index in [9.17, 15) is 9.90 Å². The zero-order valence-corrected chi connectivity index (χ0v) is 21.8. The van der Waals surface area contributed by atoms with Crippen LogP contribution in [0.5, 0.6) is 0 Å². The fraction of sp³-hybridized carbons (Fsp3) is 0.379. The van der Waals surface area contributed by atoms with Crippen molar-refractivity contribution in [1.82, 2.24) is 29.2 Å². The lowest BCUT2D eigenvalue weighted by atomic mass is 9.89. The van der Waals surface area contributed by atoms with Gasteiger partial charge in [0.25, 0.3) is 5.56 Å². The SMILES string of the molecule is CN1CCC(c2ccc(Nc3ncc4c(=O)n5n(c4n3)-c3cccc(n3)[C@](C)(O)CC/C=C\C5)cc2)CC1. The van der Waals surface area contributed by atoms with Gasteiger partial charge in [0.2, 0.25) is 5.95 Å². The van der Waals surface area contributed by atoms with Crippen molar-refractivity contribution in [1.29, 1.82) is 0 Å². The molecular weight excluding hydrogens is 478 g/mol. The first kappa shape index (κ1) is 24.5. The zero-order valence-electron chi connectivity index (χ0n) is 21.8. The highest BCUT2D eigenvalue weighted by atomic mass is 16.3. The third-order valence-corrected chi connectivity index (χ3v) is 7.78. The summed E-state index contributed by atoms with van der Waals surface area (Å²) in [5, 5.41) is 14.7. The fourth-order valence-electron chi connectivity index (χ4n) is 5.42. The first-order valence-electron chi connectivity index (χ1n) is 13.3. The van der Waals surface area contributed by atoms with Crippen molar-refractivity contribution in [2.45, 2.75) is 50.7 Å². The summed E-state index contributed by atoms with van der Waals surface area (Å²) < 4.78 is 3.34. The van der Waals surface area contributed by atoms with Crippen LogP contribution in [-0.2, 0) is 12.1 Å². The Bertz CT molecular complexity index is 1540. The van der Waals surface area contributed by atoms with E-state index >= 15 is 0 Å². The molecule has 2 N–H and O–H groups in total. The molecule has 0 radical (unpaired) electrons. The van der Waals surface area contributed by atoms with Crippen molar-refractivity contribution in [3.63, 3.8) is 0 Å². The molecule has 6 rings (SSSR count). The van der Waals surface area contributed by atoms with Gasteiger partial charge in [-0.3, -0.25) is 4.79 Å². The molecule has 0 amide bonds. The number of likely N-dealkylation sites (tertiary alicyclic amines) is 1. The van der Waals surface area contributed by atoms with Crippen LogP contribution >= 0.6 is 0 Å². The average Bonchev–Trinajstić information content (AvgIpc) is 3.19. The largest absolute Gasteiger partial charge is 0.384 e. The molecule has 3 aromatic heterocycles. The summed E-state index contributed by atoms with van der Waals surface area (Å²) in [6, 6.07) is 14.0. The van der Waals surface area contributed by atoms with Crippen molar-refractivity contribution in [3.05, 3.63) is 82.4 Å². The van der Waals surface area contributed by atoms with Crippen LogP contribution in [0, 0.1) is 0 Å². The molecule has 9 heteroatoms. The Morgan fingerprint density at radius 3 is 2.63 bits per heavy atom. The highest BCUT2D eigenvalue weighted by Crippen LogP contribution is 2.29. The summed E-state index contributed by atoms with van der Waals surface area (Å²) in [5.74, 6) is 1.52. The van der Waals surface area contributed by atoms with Crippen molar-refractivity contribution >= 4 is 22.7 Å². The number of hydrogen-bond acceptors (Lipinski definition) is 7. The van der Waals surface area contributed by atoms with E-state index in [2.05, 4.69) is 46.5 Å². The van der Waals surface area contributed by atoms with Gasteiger partial charge in [-0.2, -0.15) is 4.98 Å². The van der Waals surface area contributed by atoms with Crippen LogP contribution in [0.15, 0.2) is 65.6 Å². The van der Waals surface area contributed by atoms with Gasteiger partial charge in [-0.25, -0.2) is 19.3 Å². The second-order valence-electron chi connectivity index (χ2n) is 10.6. The van der Waals surface area contributed by atoms with E-state index in [4.69, 9.17) is 9.97 Å². The Morgan fingerprint density at radius 1 is 1.05 bits per heavy atom. The van der Waals surface area contributed by atoms with E-state index in [0.29, 0.717) is 53.8 Å². The van der Waals surface area contributed by atoms with Gasteiger partial charge in [0.15, 0.2) is 11.5 Å². The molecule has 0 aliphatic carbocycles. The molecule has 2 bridgehead atoms. The van der Waals surface area contributed by atoms with Gasteiger partial charge in [-0.1, -0.05) is 30.4 Å². The summed E-state index contributed by atoms with van der Waals surface area (Å²) in [7, 11) is 2.18. The van der Waals surface area contributed by atoms with Crippen LogP contribution in [-0.4, -0.2) is 54.5 Å². The monoisotopic (exact) mass is 511 g/mol. The van der Waals surface area contributed by atoms with E-state index in [-0.39, 0.29) is 5.56 Å². The number of nitrogens with one attached hydrogen (secondary N) is 1. The van der Waals surface area contributed by atoms with E-state index < -0.39 is 5.60 Å². The first-order chi connectivity index (χ1) is 18.4. The van der Waals surface area contributed by atoms with Gasteiger partial charge >= 0.3 is 0 Å². The highest BCUT2D eigenvalue weighted by molar-refractivity contribution is 5.77. The molecule has 2 aliphatic heterocycles. The van der Waals surface area contributed by atoms with E-state index in [1.807, 2.05) is 30.4 Å². The Kier molecular flexibility index (Phi) is 6.33. The number of anilines is 2. The van der Waals surface area contributed by atoms with Crippen molar-refractivity contribution < 1.29 is 5.11 Å². The smallest absolute Gasteiger partial charge is 0.278 e. The third-order valence-electron chi connectivity index (χ3n) is 7.78. The normalized spacial score (nSPS) is 21.6. The number of nitrogens with zero attached hydrogens (tertiary/aromatic N) is 6. The Morgan fingerprint density at radius 2 is 1.84 bits per heavy atom. The van der Waals surface area contributed by atoms with Crippen LogP contribution in [0.25, 0.3) is 16.9 Å². The van der Waals surface area contributed by atoms with Gasteiger partial charge in [0.05, 0.1) is 12.2 Å². The zero-order chi connectivity index (χ0) is 26.3. The van der Waals surface area contributed by atoms with E-state index in [1.165, 1.54) is 18.4 Å². The molecule has 1 aromatic carbocycles. The molecule has 38 heavy (non-hydrogen) atoms. The summed E-state index contributed by atoms with van der Waals surface area (Å²) >= 11 is 0. The number of aromatic nitrogens is 5. The standard InChI is InChI=1S/C29H33N7O2/c1-29(38)15-4-3-5-16-35-27(37)23-19-30-28(33-26(23)36(35)25-8-6-7-24(29)32-25)31-22-11-9-20(10-12-22)21-13-17-34(2)18-14-21/h3,5-12,19,21,38H,4,13-18H2,1-2H3,(H,30,31,33)/b5-3-/t29-/m1/s1. The average molecular weight is 512 g/mol. The maximum absolute atomic E-state index is 13.4. The molecule has 1 saturated heterocycles. The van der Waals surface area contributed by atoms with E-state index in [1.54, 1.807) is 22.5 Å². The number of hydrogen-bond donors (Lipinski definition) is 2. The van der Waals surface area contributed by atoms with Gasteiger partial charge in [-0.15, -0.1) is 0 Å². The fourth-order valence-corrected chi connectivity index (χ4v) is 5.42. The molecule has 9 nitrogen and oxygen atoms in total. The minimum Gasteiger partial charge on any atom is -0.384 e. The summed E-state index contributed by atoms with van der Waals surface area (Å²) in [4.78, 5) is 29.7. The summed E-state index contributed by atoms with van der Waals surface area (Å²) in [5.41, 5.74) is 2.00. The van der Waals surface area contributed by atoms with Crippen LogP contribution in [0.1, 0.15) is 49.8 Å². The van der Waals surface area contributed by atoms with Crippen LogP contribution in [0.3, 0.4) is 0 Å². The Hall–Kier alpha value is -3.82. The minimum atomic E-state index is -1.08. The molecule has 1 fully saturated rings. The predicted molar refractivity (Wildman–Crippen MR) is 148 cm³/mol. The molecule has 5 heterocycles. The third kappa shape index (κ3) is 4.63. The molecule has 4 aromatic rings. The molecule has 0 unspecified atom stereocenters. The molecule has 2 aliphatic rings. The maximum atomic E-state index is 13.4. The Labute approximate surface area is 221 Å².